The van der Waals surface area contributed by atoms with Crippen molar-refractivity contribution in [3.05, 3.63) is 70.9 Å². The van der Waals surface area contributed by atoms with Gasteiger partial charge in [0.1, 0.15) is 5.75 Å². The van der Waals surface area contributed by atoms with Gasteiger partial charge in [-0.1, -0.05) is 19.9 Å². The predicted molar refractivity (Wildman–Crippen MR) is 123 cm³/mol. The predicted octanol–water partition coefficient (Wildman–Crippen LogP) is 5.43. The van der Waals surface area contributed by atoms with Gasteiger partial charge in [0.2, 0.25) is 5.54 Å². The number of methoxy groups -OCH3 is 1. The number of hydrogen-bond donors (Lipinski definition) is 1. The number of alkyl halides is 6. The molecule has 2 aromatic rings. The van der Waals surface area contributed by atoms with Crippen LogP contribution in [-0.4, -0.2) is 36.4 Å². The van der Waals surface area contributed by atoms with Gasteiger partial charge < -0.3 is 10.1 Å². The Morgan fingerprint density at radius 3 is 2.16 bits per heavy atom. The van der Waals surface area contributed by atoms with Crippen LogP contribution < -0.4 is 15.0 Å². The van der Waals surface area contributed by atoms with Crippen LogP contribution in [0.5, 0.6) is 5.75 Å². The van der Waals surface area contributed by atoms with E-state index in [0.29, 0.717) is 17.9 Å². The lowest BCUT2D eigenvalue weighted by molar-refractivity contribution is -0.186. The first-order valence-corrected chi connectivity index (χ1v) is 11.3. The number of anilines is 1. The van der Waals surface area contributed by atoms with Crippen LogP contribution in [0.15, 0.2) is 59.8 Å². The zero-order valence-electron chi connectivity index (χ0n) is 20.4. The molecule has 4 rings (SSSR count). The van der Waals surface area contributed by atoms with Gasteiger partial charge in [-0.05, 0) is 54.3 Å². The maximum absolute atomic E-state index is 14.9. The number of allylic oxidation sites excluding steroid dienone is 1. The second-order valence-electron chi connectivity index (χ2n) is 9.88. The summed E-state index contributed by atoms with van der Waals surface area (Å²) >= 11 is 0. The third-order valence-corrected chi connectivity index (χ3v) is 6.53. The van der Waals surface area contributed by atoms with E-state index in [0.717, 1.165) is 17.0 Å². The van der Waals surface area contributed by atoms with Crippen molar-refractivity contribution in [2.24, 2.45) is 5.41 Å². The lowest BCUT2D eigenvalue weighted by atomic mass is 9.72. The first-order valence-electron chi connectivity index (χ1n) is 11.3. The van der Waals surface area contributed by atoms with Crippen molar-refractivity contribution in [3.8, 4) is 5.75 Å². The van der Waals surface area contributed by atoms with Crippen LogP contribution in [-0.2, 0) is 15.8 Å². The minimum atomic E-state index is -5.51. The second kappa shape index (κ2) is 8.88. The first-order chi connectivity index (χ1) is 17.5. The van der Waals surface area contributed by atoms with E-state index < -0.39 is 57.6 Å². The standard InChI is InChI=1S/C26H22F6N2O4/c1-23(2)12-18-20(19(35)13-23)24(26(30,31)32,22(37)34(18)16-7-9-17(38-3)10-8-16)33-21(36)14-5-4-6-15(11-14)25(27,28)29/h4-11H,12-13H2,1-3H3,(H,33,36). The SMILES string of the molecule is COc1ccc(N2C(=O)C(NC(=O)c3cccc(C(F)(F)F)c3)(C(F)(F)F)C3=C2CC(C)(C)CC3=O)cc1. The Morgan fingerprint density at radius 1 is 0.974 bits per heavy atom. The number of Topliss-reactive ketones (excluding diaryl/α,β-unsaturated/α-hetero) is 1. The Balaban J connectivity index is 1.90. The average molecular weight is 540 g/mol. The highest BCUT2D eigenvalue weighted by molar-refractivity contribution is 6.21. The molecule has 0 saturated carbocycles. The molecule has 38 heavy (non-hydrogen) atoms. The molecular formula is C26H22F6N2O4. The molecule has 0 saturated heterocycles. The van der Waals surface area contributed by atoms with E-state index in [1.165, 1.54) is 31.4 Å². The molecule has 202 valence electrons. The Morgan fingerprint density at radius 2 is 1.61 bits per heavy atom. The van der Waals surface area contributed by atoms with Crippen LogP contribution in [0.4, 0.5) is 32.0 Å². The number of carbonyl (C=O) groups is 3. The Hall–Kier alpha value is -3.83. The molecule has 1 unspecified atom stereocenters. The van der Waals surface area contributed by atoms with Crippen molar-refractivity contribution in [2.45, 2.75) is 44.6 Å². The van der Waals surface area contributed by atoms with Gasteiger partial charge in [-0.15, -0.1) is 0 Å². The molecule has 12 heteroatoms. The van der Waals surface area contributed by atoms with E-state index in [4.69, 9.17) is 4.74 Å². The summed E-state index contributed by atoms with van der Waals surface area (Å²) in [6.07, 6.45) is -10.8. The van der Waals surface area contributed by atoms with E-state index >= 15 is 0 Å². The molecule has 2 amide bonds. The summed E-state index contributed by atoms with van der Waals surface area (Å²) in [4.78, 5) is 40.7. The van der Waals surface area contributed by atoms with Gasteiger partial charge in [0.15, 0.2) is 5.78 Å². The molecule has 0 radical (unpaired) electrons. The summed E-state index contributed by atoms with van der Waals surface area (Å²) in [7, 11) is 1.37. The van der Waals surface area contributed by atoms with Crippen LogP contribution in [0.1, 0.15) is 42.6 Å². The van der Waals surface area contributed by atoms with Crippen molar-refractivity contribution in [3.63, 3.8) is 0 Å². The van der Waals surface area contributed by atoms with Crippen LogP contribution in [0, 0.1) is 5.41 Å². The maximum atomic E-state index is 14.9. The molecular weight excluding hydrogens is 518 g/mol. The number of rotatable bonds is 4. The number of nitrogens with one attached hydrogen (secondary N) is 1. The summed E-state index contributed by atoms with van der Waals surface area (Å²) in [5, 5.41) is 1.63. The summed E-state index contributed by atoms with van der Waals surface area (Å²) in [5.74, 6) is -3.90. The number of nitrogens with zero attached hydrogens (tertiary/aromatic N) is 1. The van der Waals surface area contributed by atoms with E-state index in [-0.39, 0.29) is 24.2 Å². The van der Waals surface area contributed by atoms with Gasteiger partial charge in [-0.2, -0.15) is 26.3 Å². The molecule has 0 fully saturated rings. The quantitative estimate of drug-likeness (QED) is 0.525. The molecule has 1 atom stereocenters. The van der Waals surface area contributed by atoms with Gasteiger partial charge >= 0.3 is 12.4 Å². The van der Waals surface area contributed by atoms with Gasteiger partial charge in [0.25, 0.3) is 11.8 Å². The van der Waals surface area contributed by atoms with Crippen molar-refractivity contribution in [2.75, 3.05) is 12.0 Å². The Labute approximate surface area is 213 Å². The zero-order valence-corrected chi connectivity index (χ0v) is 20.4. The Bertz CT molecular complexity index is 1340. The maximum Gasteiger partial charge on any atom is 0.425 e. The number of ether oxygens (including phenoxy) is 1. The monoisotopic (exact) mass is 540 g/mol. The third kappa shape index (κ3) is 4.41. The number of amides is 2. The van der Waals surface area contributed by atoms with Crippen LogP contribution in [0.25, 0.3) is 0 Å². The van der Waals surface area contributed by atoms with Gasteiger partial charge in [-0.25, -0.2) is 0 Å². The molecule has 1 aliphatic carbocycles. The van der Waals surface area contributed by atoms with Gasteiger partial charge in [-0.3, -0.25) is 19.3 Å². The lowest BCUT2D eigenvalue weighted by Gasteiger charge is -2.35. The highest BCUT2D eigenvalue weighted by Crippen LogP contribution is 2.53. The number of hydrogen-bond acceptors (Lipinski definition) is 4. The fraction of sp³-hybridized carbons (Fsp3) is 0.346. The molecule has 1 heterocycles. The van der Waals surface area contributed by atoms with Crippen LogP contribution in [0.3, 0.4) is 0 Å². The highest BCUT2D eigenvalue weighted by Gasteiger charge is 2.72. The first kappa shape index (κ1) is 27.2. The van der Waals surface area contributed by atoms with Crippen molar-refractivity contribution < 1.29 is 45.5 Å². The minimum absolute atomic E-state index is 0.00626. The lowest BCUT2D eigenvalue weighted by Crippen LogP contribution is -2.66. The Kier molecular flexibility index (Phi) is 6.36. The number of halogens is 6. The van der Waals surface area contributed by atoms with Crippen LogP contribution >= 0.6 is 0 Å². The van der Waals surface area contributed by atoms with Gasteiger partial charge in [0, 0.05) is 23.4 Å². The topological polar surface area (TPSA) is 75.7 Å². The smallest absolute Gasteiger partial charge is 0.425 e. The molecule has 1 aliphatic heterocycles. The second-order valence-corrected chi connectivity index (χ2v) is 9.88. The summed E-state index contributed by atoms with van der Waals surface area (Å²) < 4.78 is 89.3. The summed E-state index contributed by atoms with van der Waals surface area (Å²) in [6, 6.07) is 8.24. The number of carbonyl (C=O) groups excluding carboxylic acids is 3. The third-order valence-electron chi connectivity index (χ3n) is 6.53. The van der Waals surface area contributed by atoms with Crippen molar-refractivity contribution in [1.29, 1.82) is 0 Å². The number of ketones is 1. The van der Waals surface area contributed by atoms with E-state index in [2.05, 4.69) is 0 Å². The molecule has 2 aliphatic rings. The molecule has 2 aromatic carbocycles. The van der Waals surface area contributed by atoms with Crippen molar-refractivity contribution in [1.82, 2.24) is 5.32 Å². The normalized spacial score (nSPS) is 21.4. The largest absolute Gasteiger partial charge is 0.497 e. The molecule has 0 spiro atoms. The van der Waals surface area contributed by atoms with Crippen LogP contribution in [0.2, 0.25) is 0 Å². The van der Waals surface area contributed by atoms with E-state index in [1.54, 1.807) is 19.2 Å². The van der Waals surface area contributed by atoms with E-state index in [1.807, 2.05) is 0 Å². The van der Waals surface area contributed by atoms with E-state index in [9.17, 15) is 40.7 Å². The number of benzene rings is 2. The molecule has 1 N–H and O–H groups in total. The fourth-order valence-corrected chi connectivity index (χ4v) is 4.84. The van der Waals surface area contributed by atoms with Crippen molar-refractivity contribution >= 4 is 23.3 Å². The van der Waals surface area contributed by atoms with Gasteiger partial charge in [0.05, 0.1) is 18.2 Å². The minimum Gasteiger partial charge on any atom is -0.497 e. The zero-order chi connectivity index (χ0) is 28.3. The fourth-order valence-electron chi connectivity index (χ4n) is 4.84. The molecule has 0 bridgehead atoms. The highest BCUT2D eigenvalue weighted by atomic mass is 19.4. The summed E-state index contributed by atoms with van der Waals surface area (Å²) in [5.41, 5.74) is -7.82. The average Bonchev–Trinajstić information content (AvgIpc) is 3.06. The molecule has 6 nitrogen and oxygen atoms in total. The molecule has 0 aromatic heterocycles. The summed E-state index contributed by atoms with van der Waals surface area (Å²) in [6.45, 7) is 3.31.